The van der Waals surface area contributed by atoms with Gasteiger partial charge in [0.15, 0.2) is 5.65 Å². The highest BCUT2D eigenvalue weighted by molar-refractivity contribution is 6.00. The van der Waals surface area contributed by atoms with E-state index in [-0.39, 0.29) is 6.04 Å². The van der Waals surface area contributed by atoms with Crippen molar-refractivity contribution in [3.8, 4) is 22.5 Å². The summed E-state index contributed by atoms with van der Waals surface area (Å²) in [5.41, 5.74) is 19.1. The second-order valence-electron chi connectivity index (χ2n) is 9.58. The minimum Gasteiger partial charge on any atom is -0.383 e. The standard InChI is InChI=1S/C28H29N7/c1-17-13-23(19-5-3-2-4-6-19)33-24-14-20(9-12-22(17)24)26-25-27(30)31-16-32-28(25)35(34-26)21-10-7-18(15-29)8-11-21/h2-6,9,12-14,16,18,21H,7-8,10-11,15,29H2,1H3,(H2,30,31,32). The number of hydrogen-bond acceptors (Lipinski definition) is 6. The van der Waals surface area contributed by atoms with Crippen LogP contribution >= 0.6 is 0 Å². The van der Waals surface area contributed by atoms with E-state index in [1.54, 1.807) is 0 Å². The van der Waals surface area contributed by atoms with Gasteiger partial charge >= 0.3 is 0 Å². The Bertz CT molecular complexity index is 1520. The lowest BCUT2D eigenvalue weighted by atomic mass is 9.86. The van der Waals surface area contributed by atoms with Crippen molar-refractivity contribution in [3.63, 3.8) is 0 Å². The fraction of sp³-hybridized carbons (Fsp3) is 0.286. The molecule has 6 rings (SSSR count). The number of nitrogens with two attached hydrogens (primary N) is 2. The van der Waals surface area contributed by atoms with Crippen LogP contribution in [0.1, 0.15) is 37.3 Å². The molecule has 1 aliphatic rings. The summed E-state index contributed by atoms with van der Waals surface area (Å²) in [6.45, 7) is 2.88. The highest BCUT2D eigenvalue weighted by Crippen LogP contribution is 2.38. The van der Waals surface area contributed by atoms with Crippen LogP contribution in [0.25, 0.3) is 44.5 Å². The van der Waals surface area contributed by atoms with E-state index in [1.807, 2.05) is 18.2 Å². The molecule has 0 amide bonds. The van der Waals surface area contributed by atoms with Crippen LogP contribution in [-0.4, -0.2) is 31.3 Å². The van der Waals surface area contributed by atoms with Gasteiger partial charge in [-0.1, -0.05) is 42.5 Å². The van der Waals surface area contributed by atoms with E-state index in [0.717, 1.165) is 76.7 Å². The Morgan fingerprint density at radius 3 is 2.51 bits per heavy atom. The molecule has 5 aromatic rings. The number of benzene rings is 2. The predicted molar refractivity (Wildman–Crippen MR) is 141 cm³/mol. The lowest BCUT2D eigenvalue weighted by Crippen LogP contribution is -2.24. The van der Waals surface area contributed by atoms with Gasteiger partial charge in [0.05, 0.1) is 22.6 Å². The molecule has 0 bridgehead atoms. The topological polar surface area (TPSA) is 109 Å². The molecule has 1 saturated carbocycles. The van der Waals surface area contributed by atoms with Crippen LogP contribution in [-0.2, 0) is 0 Å². The molecular formula is C28H29N7. The molecule has 0 spiro atoms. The number of fused-ring (bicyclic) bond motifs is 2. The van der Waals surface area contributed by atoms with Crippen molar-refractivity contribution >= 4 is 27.8 Å². The first-order valence-corrected chi connectivity index (χ1v) is 12.3. The van der Waals surface area contributed by atoms with Gasteiger partial charge in [-0.05, 0) is 62.8 Å². The molecule has 35 heavy (non-hydrogen) atoms. The maximum Gasteiger partial charge on any atom is 0.164 e. The molecular weight excluding hydrogens is 434 g/mol. The average molecular weight is 464 g/mol. The number of anilines is 1. The van der Waals surface area contributed by atoms with Gasteiger partial charge in [-0.15, -0.1) is 0 Å². The molecule has 7 heteroatoms. The lowest BCUT2D eigenvalue weighted by Gasteiger charge is -2.27. The minimum atomic E-state index is 0.286. The second kappa shape index (κ2) is 8.74. The molecule has 0 atom stereocenters. The number of hydrogen-bond donors (Lipinski definition) is 2. The molecule has 2 aromatic carbocycles. The van der Waals surface area contributed by atoms with E-state index in [0.29, 0.717) is 11.7 Å². The molecule has 1 fully saturated rings. The summed E-state index contributed by atoms with van der Waals surface area (Å²) in [6.07, 6.45) is 5.84. The summed E-state index contributed by atoms with van der Waals surface area (Å²) in [4.78, 5) is 13.9. The highest BCUT2D eigenvalue weighted by Gasteiger charge is 2.26. The van der Waals surface area contributed by atoms with Gasteiger partial charge in [-0.3, -0.25) is 0 Å². The molecule has 0 radical (unpaired) electrons. The molecule has 3 aromatic heterocycles. The predicted octanol–water partition coefficient (Wildman–Crippen LogP) is 5.29. The van der Waals surface area contributed by atoms with Gasteiger partial charge < -0.3 is 11.5 Å². The van der Waals surface area contributed by atoms with E-state index in [4.69, 9.17) is 21.5 Å². The Hall–Kier alpha value is -3.84. The third-order valence-electron chi connectivity index (χ3n) is 7.37. The summed E-state index contributed by atoms with van der Waals surface area (Å²) in [6, 6.07) is 19.0. The summed E-state index contributed by atoms with van der Waals surface area (Å²) < 4.78 is 2.07. The lowest BCUT2D eigenvalue weighted by molar-refractivity contribution is 0.269. The second-order valence-corrected chi connectivity index (χ2v) is 9.58. The first-order chi connectivity index (χ1) is 17.1. The Morgan fingerprint density at radius 1 is 0.943 bits per heavy atom. The van der Waals surface area contributed by atoms with Gasteiger partial charge in [0.1, 0.15) is 17.8 Å². The van der Waals surface area contributed by atoms with Gasteiger partial charge in [0.25, 0.3) is 0 Å². The first kappa shape index (κ1) is 21.7. The number of nitrogen functional groups attached to an aromatic ring is 1. The third-order valence-corrected chi connectivity index (χ3v) is 7.37. The average Bonchev–Trinajstić information content (AvgIpc) is 3.30. The van der Waals surface area contributed by atoms with Crippen LogP contribution < -0.4 is 11.5 Å². The van der Waals surface area contributed by atoms with Crippen molar-refractivity contribution in [1.29, 1.82) is 0 Å². The van der Waals surface area contributed by atoms with E-state index >= 15 is 0 Å². The van der Waals surface area contributed by atoms with Crippen LogP contribution in [0, 0.1) is 12.8 Å². The zero-order valence-corrected chi connectivity index (χ0v) is 19.9. The fourth-order valence-corrected chi connectivity index (χ4v) is 5.38. The van der Waals surface area contributed by atoms with Crippen LogP contribution in [0.2, 0.25) is 0 Å². The van der Waals surface area contributed by atoms with Crippen molar-refractivity contribution in [2.75, 3.05) is 12.3 Å². The molecule has 176 valence electrons. The van der Waals surface area contributed by atoms with Crippen molar-refractivity contribution in [1.82, 2.24) is 24.7 Å². The number of aromatic nitrogens is 5. The monoisotopic (exact) mass is 463 g/mol. The normalized spacial score (nSPS) is 18.3. The maximum atomic E-state index is 6.38. The largest absolute Gasteiger partial charge is 0.383 e. The van der Waals surface area contributed by atoms with Gasteiger partial charge in [-0.2, -0.15) is 5.10 Å². The van der Waals surface area contributed by atoms with E-state index in [1.165, 1.54) is 11.9 Å². The molecule has 4 N–H and O–H groups in total. The van der Waals surface area contributed by atoms with Crippen LogP contribution in [0.5, 0.6) is 0 Å². The van der Waals surface area contributed by atoms with Crippen LogP contribution in [0.4, 0.5) is 5.82 Å². The minimum absolute atomic E-state index is 0.286. The molecule has 0 aliphatic heterocycles. The summed E-state index contributed by atoms with van der Waals surface area (Å²) >= 11 is 0. The zero-order valence-electron chi connectivity index (χ0n) is 19.9. The van der Waals surface area contributed by atoms with E-state index in [2.05, 4.69) is 58.0 Å². The molecule has 0 unspecified atom stereocenters. The maximum absolute atomic E-state index is 6.38. The SMILES string of the molecule is Cc1cc(-c2ccccc2)nc2cc(-c3nn(C4CCC(CN)CC4)c4ncnc(N)c34)ccc12. The van der Waals surface area contributed by atoms with Crippen molar-refractivity contribution in [3.05, 3.63) is 66.5 Å². The van der Waals surface area contributed by atoms with Crippen LogP contribution in [0.15, 0.2) is 60.9 Å². The quantitative estimate of drug-likeness (QED) is 0.375. The number of aryl methyl sites for hydroxylation is 1. The molecule has 3 heterocycles. The fourth-order valence-electron chi connectivity index (χ4n) is 5.38. The number of pyridine rings is 1. The Balaban J connectivity index is 1.48. The third kappa shape index (κ3) is 3.82. The smallest absolute Gasteiger partial charge is 0.164 e. The van der Waals surface area contributed by atoms with E-state index in [9.17, 15) is 0 Å². The van der Waals surface area contributed by atoms with Gasteiger partial charge in [-0.25, -0.2) is 19.6 Å². The van der Waals surface area contributed by atoms with Crippen LogP contribution in [0.3, 0.4) is 0 Å². The van der Waals surface area contributed by atoms with Crippen molar-refractivity contribution in [2.45, 2.75) is 38.6 Å². The first-order valence-electron chi connectivity index (χ1n) is 12.3. The Morgan fingerprint density at radius 2 is 1.74 bits per heavy atom. The number of rotatable bonds is 4. The highest BCUT2D eigenvalue weighted by atomic mass is 15.3. The zero-order chi connectivity index (χ0) is 23.9. The van der Waals surface area contributed by atoms with Crippen molar-refractivity contribution in [2.24, 2.45) is 11.7 Å². The summed E-state index contributed by atoms with van der Waals surface area (Å²) in [5, 5.41) is 7.02. The molecule has 1 aliphatic carbocycles. The summed E-state index contributed by atoms with van der Waals surface area (Å²) in [7, 11) is 0. The van der Waals surface area contributed by atoms with Gasteiger partial charge in [0, 0.05) is 16.5 Å². The van der Waals surface area contributed by atoms with Gasteiger partial charge in [0.2, 0.25) is 0 Å². The Labute approximate surface area is 204 Å². The number of nitrogens with zero attached hydrogens (tertiary/aromatic N) is 5. The summed E-state index contributed by atoms with van der Waals surface area (Å²) in [5.74, 6) is 1.05. The van der Waals surface area contributed by atoms with E-state index < -0.39 is 0 Å². The molecule has 0 saturated heterocycles. The Kier molecular flexibility index (Phi) is 5.41. The van der Waals surface area contributed by atoms with Crippen molar-refractivity contribution < 1.29 is 0 Å². The molecule has 7 nitrogen and oxygen atoms in total.